The maximum absolute atomic E-state index is 6.07. The second-order valence-electron chi connectivity index (χ2n) is 4.09. The molecule has 13 heavy (non-hydrogen) atoms. The largest absolute Gasteiger partial charge is 0.323 e. The van der Waals surface area contributed by atoms with Gasteiger partial charge in [-0.2, -0.15) is 5.10 Å². The van der Waals surface area contributed by atoms with E-state index in [1.807, 2.05) is 6.20 Å². The first-order chi connectivity index (χ1) is 6.20. The van der Waals surface area contributed by atoms with Crippen molar-refractivity contribution in [3.05, 3.63) is 17.5 Å². The van der Waals surface area contributed by atoms with Gasteiger partial charge in [-0.1, -0.05) is 0 Å². The van der Waals surface area contributed by atoms with Crippen molar-refractivity contribution >= 4 is 0 Å². The van der Waals surface area contributed by atoms with E-state index in [1.54, 1.807) is 0 Å². The van der Waals surface area contributed by atoms with Crippen LogP contribution in [-0.2, 0) is 6.42 Å². The molecule has 0 aromatic carbocycles. The van der Waals surface area contributed by atoms with Gasteiger partial charge in [0, 0.05) is 12.1 Å². The second kappa shape index (κ2) is 3.14. The molecule has 72 valence electrons. The van der Waals surface area contributed by atoms with Gasteiger partial charge in [-0.3, -0.25) is 4.68 Å². The molecular formula is C10H17N3. The van der Waals surface area contributed by atoms with Crippen LogP contribution in [0.3, 0.4) is 0 Å². The topological polar surface area (TPSA) is 43.8 Å². The molecule has 1 heterocycles. The Bertz CT molecular complexity index is 301. The van der Waals surface area contributed by atoms with Crippen LogP contribution in [0.5, 0.6) is 0 Å². The van der Waals surface area contributed by atoms with Crippen LogP contribution in [0.1, 0.15) is 50.0 Å². The Labute approximate surface area is 78.9 Å². The smallest absolute Gasteiger partial charge is 0.0586 e. The molecule has 1 aliphatic rings. The van der Waals surface area contributed by atoms with Gasteiger partial charge in [0.05, 0.1) is 11.9 Å². The molecule has 0 saturated carbocycles. The van der Waals surface area contributed by atoms with E-state index in [0.29, 0.717) is 6.04 Å². The average molecular weight is 179 g/mol. The van der Waals surface area contributed by atoms with Gasteiger partial charge in [-0.15, -0.1) is 0 Å². The lowest BCUT2D eigenvalue weighted by Gasteiger charge is -2.22. The standard InChI is InChI=1S/C10H17N3/c1-7(2)13-10-8(6-12-13)4-3-5-9(10)11/h6-7,9H,3-5,11H2,1-2H3. The van der Waals surface area contributed by atoms with Gasteiger partial charge in [-0.25, -0.2) is 0 Å². The molecule has 0 radical (unpaired) electrons. The molecule has 0 bridgehead atoms. The Morgan fingerprint density at radius 3 is 3.08 bits per heavy atom. The van der Waals surface area contributed by atoms with E-state index in [1.165, 1.54) is 17.7 Å². The third-order valence-electron chi connectivity index (χ3n) is 2.72. The quantitative estimate of drug-likeness (QED) is 0.714. The van der Waals surface area contributed by atoms with Crippen molar-refractivity contribution in [2.75, 3.05) is 0 Å². The van der Waals surface area contributed by atoms with Crippen LogP contribution >= 0.6 is 0 Å². The van der Waals surface area contributed by atoms with E-state index in [4.69, 9.17) is 5.73 Å². The summed E-state index contributed by atoms with van der Waals surface area (Å²) in [6.07, 6.45) is 5.44. The predicted molar refractivity (Wildman–Crippen MR) is 52.5 cm³/mol. The summed E-state index contributed by atoms with van der Waals surface area (Å²) in [4.78, 5) is 0. The third-order valence-corrected chi connectivity index (χ3v) is 2.72. The molecule has 1 aromatic rings. The summed E-state index contributed by atoms with van der Waals surface area (Å²) in [6.45, 7) is 4.29. The third kappa shape index (κ3) is 1.37. The van der Waals surface area contributed by atoms with E-state index in [-0.39, 0.29) is 6.04 Å². The monoisotopic (exact) mass is 179 g/mol. The Balaban J connectivity index is 2.44. The SMILES string of the molecule is CC(C)n1ncc2c1C(N)CCC2. The van der Waals surface area contributed by atoms with Crippen LogP contribution in [0.15, 0.2) is 6.20 Å². The number of hydrogen-bond donors (Lipinski definition) is 1. The number of nitrogens with two attached hydrogens (primary N) is 1. The highest BCUT2D eigenvalue weighted by atomic mass is 15.3. The molecule has 3 nitrogen and oxygen atoms in total. The minimum Gasteiger partial charge on any atom is -0.323 e. The maximum Gasteiger partial charge on any atom is 0.0586 e. The number of fused-ring (bicyclic) bond motifs is 1. The van der Waals surface area contributed by atoms with Crippen LogP contribution in [0.25, 0.3) is 0 Å². The zero-order valence-electron chi connectivity index (χ0n) is 8.33. The average Bonchev–Trinajstić information content (AvgIpc) is 2.49. The number of rotatable bonds is 1. The molecule has 2 N–H and O–H groups in total. The Kier molecular flexibility index (Phi) is 2.12. The zero-order valence-corrected chi connectivity index (χ0v) is 8.33. The van der Waals surface area contributed by atoms with Crippen molar-refractivity contribution in [1.29, 1.82) is 0 Å². The van der Waals surface area contributed by atoms with Gasteiger partial charge >= 0.3 is 0 Å². The molecule has 1 aliphatic carbocycles. The fraction of sp³-hybridized carbons (Fsp3) is 0.700. The molecule has 1 atom stereocenters. The summed E-state index contributed by atoms with van der Waals surface area (Å²) in [6, 6.07) is 0.626. The van der Waals surface area contributed by atoms with Crippen molar-refractivity contribution < 1.29 is 0 Å². The molecule has 2 rings (SSSR count). The van der Waals surface area contributed by atoms with Crippen LogP contribution in [0.2, 0.25) is 0 Å². The lowest BCUT2D eigenvalue weighted by Crippen LogP contribution is -2.22. The molecule has 1 unspecified atom stereocenters. The lowest BCUT2D eigenvalue weighted by molar-refractivity contribution is 0.457. The highest BCUT2D eigenvalue weighted by Crippen LogP contribution is 2.29. The fourth-order valence-electron chi connectivity index (χ4n) is 2.07. The Morgan fingerprint density at radius 2 is 2.38 bits per heavy atom. The number of hydrogen-bond acceptors (Lipinski definition) is 2. The van der Waals surface area contributed by atoms with Crippen LogP contribution in [-0.4, -0.2) is 9.78 Å². The van der Waals surface area contributed by atoms with E-state index in [9.17, 15) is 0 Å². The first-order valence-electron chi connectivity index (χ1n) is 5.02. The maximum atomic E-state index is 6.07. The number of nitrogens with zero attached hydrogens (tertiary/aromatic N) is 2. The summed E-state index contributed by atoms with van der Waals surface area (Å²) < 4.78 is 2.07. The van der Waals surface area contributed by atoms with Crippen molar-refractivity contribution in [2.45, 2.75) is 45.2 Å². The molecule has 1 aromatic heterocycles. The van der Waals surface area contributed by atoms with Gasteiger partial charge in [0.25, 0.3) is 0 Å². The predicted octanol–water partition coefficient (Wildman–Crippen LogP) is 1.80. The van der Waals surface area contributed by atoms with Gasteiger partial charge in [-0.05, 0) is 38.7 Å². The van der Waals surface area contributed by atoms with Gasteiger partial charge < -0.3 is 5.73 Å². The first-order valence-corrected chi connectivity index (χ1v) is 5.02. The van der Waals surface area contributed by atoms with Crippen LogP contribution < -0.4 is 5.73 Å². The van der Waals surface area contributed by atoms with E-state index < -0.39 is 0 Å². The Morgan fingerprint density at radius 1 is 1.62 bits per heavy atom. The van der Waals surface area contributed by atoms with Gasteiger partial charge in [0.1, 0.15) is 0 Å². The highest BCUT2D eigenvalue weighted by Gasteiger charge is 2.22. The molecule has 0 fully saturated rings. The highest BCUT2D eigenvalue weighted by molar-refractivity contribution is 5.24. The molecule has 0 saturated heterocycles. The molecule has 0 spiro atoms. The minimum atomic E-state index is 0.202. The van der Waals surface area contributed by atoms with E-state index in [2.05, 4.69) is 23.6 Å². The summed E-state index contributed by atoms with van der Waals surface area (Å²) in [7, 11) is 0. The Hall–Kier alpha value is -0.830. The summed E-state index contributed by atoms with van der Waals surface area (Å²) in [5.41, 5.74) is 8.69. The normalized spacial score (nSPS) is 22.0. The lowest BCUT2D eigenvalue weighted by atomic mass is 9.94. The fourth-order valence-corrected chi connectivity index (χ4v) is 2.07. The van der Waals surface area contributed by atoms with Crippen molar-refractivity contribution in [3.63, 3.8) is 0 Å². The van der Waals surface area contributed by atoms with Crippen LogP contribution in [0.4, 0.5) is 0 Å². The number of aromatic nitrogens is 2. The van der Waals surface area contributed by atoms with Crippen molar-refractivity contribution in [3.8, 4) is 0 Å². The van der Waals surface area contributed by atoms with Crippen LogP contribution in [0, 0.1) is 0 Å². The van der Waals surface area contributed by atoms with Gasteiger partial charge in [0.2, 0.25) is 0 Å². The minimum absolute atomic E-state index is 0.202. The zero-order chi connectivity index (χ0) is 9.42. The molecule has 0 aliphatic heterocycles. The summed E-state index contributed by atoms with van der Waals surface area (Å²) >= 11 is 0. The van der Waals surface area contributed by atoms with Crippen molar-refractivity contribution in [1.82, 2.24) is 9.78 Å². The molecule has 0 amide bonds. The summed E-state index contributed by atoms with van der Waals surface area (Å²) in [5.74, 6) is 0. The molecular weight excluding hydrogens is 162 g/mol. The van der Waals surface area contributed by atoms with E-state index >= 15 is 0 Å². The van der Waals surface area contributed by atoms with E-state index in [0.717, 1.165) is 12.8 Å². The molecule has 3 heteroatoms. The second-order valence-corrected chi connectivity index (χ2v) is 4.09. The number of aryl methyl sites for hydroxylation is 1. The summed E-state index contributed by atoms with van der Waals surface area (Å²) in [5, 5.41) is 4.38. The van der Waals surface area contributed by atoms with Gasteiger partial charge in [0.15, 0.2) is 0 Å². The first kappa shape index (κ1) is 8.75. The van der Waals surface area contributed by atoms with Crippen molar-refractivity contribution in [2.24, 2.45) is 5.73 Å².